The molecule has 3 rings (SSSR count). The van der Waals surface area contributed by atoms with Crippen molar-refractivity contribution in [2.24, 2.45) is 5.92 Å². The van der Waals surface area contributed by atoms with Crippen LogP contribution in [0.25, 0.3) is 11.3 Å². The SMILES string of the molecule is CCOC(=O)C1CCCN(C(=O)C(C)n2nc(-c3ccccc3)ccc2=O)C1. The number of piperidine rings is 1. The molecule has 28 heavy (non-hydrogen) atoms. The Morgan fingerprint density at radius 2 is 1.96 bits per heavy atom. The minimum Gasteiger partial charge on any atom is -0.466 e. The third kappa shape index (κ3) is 4.30. The van der Waals surface area contributed by atoms with E-state index >= 15 is 0 Å². The molecule has 1 saturated heterocycles. The van der Waals surface area contributed by atoms with Gasteiger partial charge in [-0.15, -0.1) is 0 Å². The lowest BCUT2D eigenvalue weighted by atomic mass is 9.97. The normalized spacial score (nSPS) is 17.8. The molecule has 0 N–H and O–H groups in total. The molecule has 7 nitrogen and oxygen atoms in total. The molecule has 0 spiro atoms. The number of carbonyl (C=O) groups excluding carboxylic acids is 2. The minimum atomic E-state index is -0.753. The van der Waals surface area contributed by atoms with Gasteiger partial charge in [0.15, 0.2) is 0 Å². The Labute approximate surface area is 163 Å². The molecule has 2 heterocycles. The lowest BCUT2D eigenvalue weighted by Crippen LogP contribution is -2.46. The number of likely N-dealkylation sites (tertiary alicyclic amines) is 1. The van der Waals surface area contributed by atoms with Gasteiger partial charge in [0, 0.05) is 24.7 Å². The summed E-state index contributed by atoms with van der Waals surface area (Å²) in [5, 5.41) is 4.41. The highest BCUT2D eigenvalue weighted by Gasteiger charge is 2.32. The van der Waals surface area contributed by atoms with Crippen LogP contribution in [0.2, 0.25) is 0 Å². The molecule has 1 aliphatic rings. The smallest absolute Gasteiger partial charge is 0.310 e. The number of benzene rings is 1. The average Bonchev–Trinajstić information content (AvgIpc) is 2.74. The molecular formula is C21H25N3O4. The van der Waals surface area contributed by atoms with E-state index in [1.165, 1.54) is 10.7 Å². The topological polar surface area (TPSA) is 81.5 Å². The van der Waals surface area contributed by atoms with Gasteiger partial charge in [0.1, 0.15) is 6.04 Å². The summed E-state index contributed by atoms with van der Waals surface area (Å²) < 4.78 is 6.31. The van der Waals surface area contributed by atoms with E-state index in [9.17, 15) is 14.4 Å². The Balaban J connectivity index is 1.79. The molecule has 1 fully saturated rings. The third-order valence-corrected chi connectivity index (χ3v) is 4.97. The zero-order chi connectivity index (χ0) is 20.1. The van der Waals surface area contributed by atoms with Gasteiger partial charge in [0.05, 0.1) is 18.2 Å². The van der Waals surface area contributed by atoms with Crippen LogP contribution in [-0.2, 0) is 14.3 Å². The largest absolute Gasteiger partial charge is 0.466 e. The number of aromatic nitrogens is 2. The van der Waals surface area contributed by atoms with Crippen LogP contribution in [0.5, 0.6) is 0 Å². The summed E-state index contributed by atoms with van der Waals surface area (Å²) in [6, 6.07) is 11.8. The first-order valence-electron chi connectivity index (χ1n) is 9.62. The Morgan fingerprint density at radius 1 is 1.21 bits per heavy atom. The fourth-order valence-electron chi connectivity index (χ4n) is 3.46. The number of hydrogen-bond donors (Lipinski definition) is 0. The summed E-state index contributed by atoms with van der Waals surface area (Å²) in [5.74, 6) is -0.798. The molecule has 0 saturated carbocycles. The van der Waals surface area contributed by atoms with Crippen LogP contribution in [-0.4, -0.2) is 46.3 Å². The van der Waals surface area contributed by atoms with Gasteiger partial charge in [0.25, 0.3) is 5.56 Å². The van der Waals surface area contributed by atoms with E-state index in [1.54, 1.807) is 24.8 Å². The summed E-state index contributed by atoms with van der Waals surface area (Å²) >= 11 is 0. The van der Waals surface area contributed by atoms with Crippen molar-refractivity contribution in [3.05, 3.63) is 52.8 Å². The molecule has 0 bridgehead atoms. The Morgan fingerprint density at radius 3 is 2.68 bits per heavy atom. The molecule has 1 aromatic carbocycles. The van der Waals surface area contributed by atoms with E-state index < -0.39 is 6.04 Å². The van der Waals surface area contributed by atoms with Crippen molar-refractivity contribution >= 4 is 11.9 Å². The average molecular weight is 383 g/mol. The predicted octanol–water partition coefficient (Wildman–Crippen LogP) is 2.27. The van der Waals surface area contributed by atoms with Crippen molar-refractivity contribution in [1.82, 2.24) is 14.7 Å². The number of esters is 1. The molecular weight excluding hydrogens is 358 g/mol. The summed E-state index contributed by atoms with van der Waals surface area (Å²) in [6.07, 6.45) is 1.44. The number of amides is 1. The molecule has 1 aliphatic heterocycles. The van der Waals surface area contributed by atoms with E-state index in [1.807, 2.05) is 30.3 Å². The highest BCUT2D eigenvalue weighted by Crippen LogP contribution is 2.21. The first-order valence-corrected chi connectivity index (χ1v) is 9.62. The van der Waals surface area contributed by atoms with Crippen molar-refractivity contribution in [3.63, 3.8) is 0 Å². The predicted molar refractivity (Wildman–Crippen MR) is 105 cm³/mol. The van der Waals surface area contributed by atoms with E-state index in [-0.39, 0.29) is 23.4 Å². The maximum absolute atomic E-state index is 13.0. The van der Waals surface area contributed by atoms with E-state index in [0.717, 1.165) is 12.0 Å². The van der Waals surface area contributed by atoms with Crippen LogP contribution in [0.4, 0.5) is 0 Å². The summed E-state index contributed by atoms with van der Waals surface area (Å²) in [7, 11) is 0. The van der Waals surface area contributed by atoms with E-state index in [4.69, 9.17) is 4.74 Å². The lowest BCUT2D eigenvalue weighted by Gasteiger charge is -2.33. The molecule has 0 radical (unpaired) electrons. The van der Waals surface area contributed by atoms with Crippen molar-refractivity contribution in [2.75, 3.05) is 19.7 Å². The number of nitrogens with zero attached hydrogens (tertiary/aromatic N) is 3. The van der Waals surface area contributed by atoms with Crippen LogP contribution in [0, 0.1) is 5.92 Å². The number of hydrogen-bond acceptors (Lipinski definition) is 5. The zero-order valence-electron chi connectivity index (χ0n) is 16.2. The van der Waals surface area contributed by atoms with E-state index in [0.29, 0.717) is 31.8 Å². The van der Waals surface area contributed by atoms with Gasteiger partial charge < -0.3 is 9.64 Å². The molecule has 148 valence electrons. The quantitative estimate of drug-likeness (QED) is 0.740. The van der Waals surface area contributed by atoms with Gasteiger partial charge >= 0.3 is 5.97 Å². The van der Waals surface area contributed by atoms with Gasteiger partial charge in [-0.1, -0.05) is 30.3 Å². The molecule has 2 aromatic rings. The second-order valence-electron chi connectivity index (χ2n) is 6.92. The molecule has 2 atom stereocenters. The molecule has 1 aromatic heterocycles. The first-order chi connectivity index (χ1) is 13.5. The van der Waals surface area contributed by atoms with Crippen LogP contribution >= 0.6 is 0 Å². The van der Waals surface area contributed by atoms with E-state index in [2.05, 4.69) is 5.10 Å². The van der Waals surface area contributed by atoms with Gasteiger partial charge in [-0.3, -0.25) is 14.4 Å². The zero-order valence-corrected chi connectivity index (χ0v) is 16.2. The van der Waals surface area contributed by atoms with Gasteiger partial charge in [-0.25, -0.2) is 4.68 Å². The standard InChI is InChI=1S/C21H25N3O4/c1-3-28-21(27)17-10-7-13-23(14-17)20(26)15(2)24-19(25)12-11-18(22-24)16-8-5-4-6-9-16/h4-6,8-9,11-12,15,17H,3,7,10,13-14H2,1-2H3. The number of rotatable bonds is 5. The maximum atomic E-state index is 13.0. The van der Waals surface area contributed by atoms with Gasteiger partial charge in [-0.2, -0.15) is 5.10 Å². The number of ether oxygens (including phenoxy) is 1. The Kier molecular flexibility index (Phi) is 6.23. The summed E-state index contributed by atoms with van der Waals surface area (Å²) in [5.41, 5.74) is 1.17. The summed E-state index contributed by atoms with van der Waals surface area (Å²) in [6.45, 7) is 4.63. The fraction of sp³-hybridized carbons (Fsp3) is 0.429. The molecule has 0 aliphatic carbocycles. The number of carbonyl (C=O) groups is 2. The lowest BCUT2D eigenvalue weighted by molar-refractivity contribution is -0.151. The maximum Gasteiger partial charge on any atom is 0.310 e. The summed E-state index contributed by atoms with van der Waals surface area (Å²) in [4.78, 5) is 39.0. The second-order valence-corrected chi connectivity index (χ2v) is 6.92. The monoisotopic (exact) mass is 383 g/mol. The van der Waals surface area contributed by atoms with Crippen molar-refractivity contribution < 1.29 is 14.3 Å². The molecule has 1 amide bonds. The highest BCUT2D eigenvalue weighted by atomic mass is 16.5. The van der Waals surface area contributed by atoms with Gasteiger partial charge in [-0.05, 0) is 32.8 Å². The van der Waals surface area contributed by atoms with Crippen molar-refractivity contribution in [1.29, 1.82) is 0 Å². The second kappa shape index (κ2) is 8.82. The minimum absolute atomic E-state index is 0.214. The fourth-order valence-corrected chi connectivity index (χ4v) is 3.46. The van der Waals surface area contributed by atoms with Crippen molar-refractivity contribution in [3.8, 4) is 11.3 Å². The van der Waals surface area contributed by atoms with Crippen LogP contribution in [0.1, 0.15) is 32.7 Å². The van der Waals surface area contributed by atoms with Crippen LogP contribution in [0.3, 0.4) is 0 Å². The van der Waals surface area contributed by atoms with Gasteiger partial charge in [0.2, 0.25) is 5.91 Å². The van der Waals surface area contributed by atoms with Crippen molar-refractivity contribution in [2.45, 2.75) is 32.7 Å². The Bertz CT molecular complexity index is 894. The Hall–Kier alpha value is -2.96. The molecule has 7 heteroatoms. The third-order valence-electron chi connectivity index (χ3n) is 4.97. The van der Waals surface area contributed by atoms with Crippen LogP contribution in [0.15, 0.2) is 47.3 Å². The highest BCUT2D eigenvalue weighted by molar-refractivity contribution is 5.81. The molecule has 2 unspecified atom stereocenters. The van der Waals surface area contributed by atoms with Crippen LogP contribution < -0.4 is 5.56 Å². The first kappa shape index (κ1) is 19.8.